The number of amides is 1. The fourth-order valence-corrected chi connectivity index (χ4v) is 3.60. The summed E-state index contributed by atoms with van der Waals surface area (Å²) in [5.74, 6) is -0.132. The number of tetrazole rings is 1. The zero-order valence-corrected chi connectivity index (χ0v) is 18.1. The standard InChI is InChI=1S/C23H18N6O2S/c1-15-8-9-18(12-16(15)2)25-22(30)17(14-24)13-20-10-11-21(31-20)32-23-26-27-28-29(23)19-6-4-3-5-7-19/h3-13H,1-2H3,(H,25,30)/b17-13+. The van der Waals surface area contributed by atoms with Crippen molar-refractivity contribution in [3.63, 3.8) is 0 Å². The zero-order valence-electron chi connectivity index (χ0n) is 17.3. The van der Waals surface area contributed by atoms with Crippen LogP contribution >= 0.6 is 11.8 Å². The van der Waals surface area contributed by atoms with Crippen LogP contribution in [-0.2, 0) is 4.79 Å². The Balaban J connectivity index is 1.49. The number of aryl methyl sites for hydroxylation is 2. The Morgan fingerprint density at radius 3 is 2.69 bits per heavy atom. The summed E-state index contributed by atoms with van der Waals surface area (Å²) in [5, 5.41) is 25.0. The van der Waals surface area contributed by atoms with Crippen molar-refractivity contribution in [1.82, 2.24) is 20.2 Å². The molecule has 2 heterocycles. The van der Waals surface area contributed by atoms with Crippen LogP contribution in [0.4, 0.5) is 5.69 Å². The fourth-order valence-electron chi connectivity index (χ4n) is 2.84. The number of nitrogens with one attached hydrogen (secondary N) is 1. The van der Waals surface area contributed by atoms with Crippen molar-refractivity contribution in [2.24, 2.45) is 0 Å². The molecule has 0 aliphatic rings. The van der Waals surface area contributed by atoms with E-state index in [9.17, 15) is 10.1 Å². The van der Waals surface area contributed by atoms with Gasteiger partial charge in [-0.2, -0.15) is 9.94 Å². The van der Waals surface area contributed by atoms with Crippen molar-refractivity contribution < 1.29 is 9.21 Å². The first kappa shape index (κ1) is 21.1. The number of nitrogens with zero attached hydrogens (tertiary/aromatic N) is 5. The highest BCUT2D eigenvalue weighted by atomic mass is 32.2. The van der Waals surface area contributed by atoms with Gasteiger partial charge in [0.05, 0.1) is 5.69 Å². The van der Waals surface area contributed by atoms with Crippen LogP contribution in [0.3, 0.4) is 0 Å². The number of anilines is 1. The molecule has 0 fully saturated rings. The predicted molar refractivity (Wildman–Crippen MR) is 120 cm³/mol. The van der Waals surface area contributed by atoms with E-state index in [0.717, 1.165) is 16.8 Å². The number of hydrogen-bond acceptors (Lipinski definition) is 7. The highest BCUT2D eigenvalue weighted by Crippen LogP contribution is 2.29. The summed E-state index contributed by atoms with van der Waals surface area (Å²) in [7, 11) is 0. The van der Waals surface area contributed by atoms with Crippen molar-refractivity contribution in [1.29, 1.82) is 5.26 Å². The molecule has 4 rings (SSSR count). The molecule has 4 aromatic rings. The average molecular weight is 443 g/mol. The molecule has 0 saturated heterocycles. The Morgan fingerprint density at radius 1 is 1.12 bits per heavy atom. The Bertz CT molecular complexity index is 1330. The Hall–Kier alpha value is -4.16. The lowest BCUT2D eigenvalue weighted by Crippen LogP contribution is -2.13. The van der Waals surface area contributed by atoms with E-state index in [0.29, 0.717) is 21.7 Å². The number of furan rings is 1. The highest BCUT2D eigenvalue weighted by molar-refractivity contribution is 7.99. The van der Waals surface area contributed by atoms with Crippen LogP contribution in [0.5, 0.6) is 0 Å². The van der Waals surface area contributed by atoms with E-state index >= 15 is 0 Å². The molecule has 2 aromatic carbocycles. The van der Waals surface area contributed by atoms with E-state index in [1.807, 2.05) is 62.4 Å². The first-order valence-corrected chi connectivity index (χ1v) is 10.5. The second-order valence-electron chi connectivity index (χ2n) is 6.89. The molecule has 32 heavy (non-hydrogen) atoms. The molecular weight excluding hydrogens is 424 g/mol. The topological polar surface area (TPSA) is 110 Å². The van der Waals surface area contributed by atoms with Gasteiger partial charge in [-0.3, -0.25) is 4.79 Å². The molecule has 0 aliphatic carbocycles. The molecule has 0 bridgehead atoms. The van der Waals surface area contributed by atoms with Gasteiger partial charge in [-0.05, 0) is 83.6 Å². The molecule has 1 N–H and O–H groups in total. The maximum atomic E-state index is 12.5. The first-order chi connectivity index (χ1) is 15.5. The second-order valence-corrected chi connectivity index (χ2v) is 7.86. The van der Waals surface area contributed by atoms with Crippen LogP contribution in [0.25, 0.3) is 11.8 Å². The summed E-state index contributed by atoms with van der Waals surface area (Å²) in [5.41, 5.74) is 3.56. The summed E-state index contributed by atoms with van der Waals surface area (Å²) >= 11 is 1.23. The SMILES string of the molecule is Cc1ccc(NC(=O)/C(C#N)=C/c2ccc(Sc3nnnn3-c3ccccc3)o2)cc1C. The molecule has 158 valence electrons. The van der Waals surface area contributed by atoms with Crippen LogP contribution in [0, 0.1) is 25.2 Å². The molecular formula is C23H18N6O2S. The van der Waals surface area contributed by atoms with Gasteiger partial charge >= 0.3 is 0 Å². The summed E-state index contributed by atoms with van der Waals surface area (Å²) in [6.07, 6.45) is 1.40. The molecule has 0 radical (unpaired) electrons. The van der Waals surface area contributed by atoms with Crippen LogP contribution < -0.4 is 5.32 Å². The van der Waals surface area contributed by atoms with Gasteiger partial charge in [-0.15, -0.1) is 5.10 Å². The third kappa shape index (κ3) is 4.77. The van der Waals surface area contributed by atoms with E-state index in [1.54, 1.807) is 22.9 Å². The van der Waals surface area contributed by atoms with E-state index in [2.05, 4.69) is 20.8 Å². The number of nitriles is 1. The van der Waals surface area contributed by atoms with Crippen molar-refractivity contribution in [2.75, 3.05) is 5.32 Å². The number of carbonyl (C=O) groups excluding carboxylic acids is 1. The zero-order chi connectivity index (χ0) is 22.5. The van der Waals surface area contributed by atoms with Gasteiger partial charge in [0.2, 0.25) is 5.16 Å². The largest absolute Gasteiger partial charge is 0.450 e. The van der Waals surface area contributed by atoms with Gasteiger partial charge in [0, 0.05) is 11.8 Å². The minimum atomic E-state index is -0.505. The number of carbonyl (C=O) groups is 1. The van der Waals surface area contributed by atoms with E-state index < -0.39 is 5.91 Å². The van der Waals surface area contributed by atoms with Gasteiger partial charge in [0.15, 0.2) is 5.09 Å². The second kappa shape index (κ2) is 9.32. The smallest absolute Gasteiger partial charge is 0.266 e. The third-order valence-electron chi connectivity index (χ3n) is 4.65. The Kier molecular flexibility index (Phi) is 6.14. The predicted octanol–water partition coefficient (Wildman–Crippen LogP) is 4.57. The monoisotopic (exact) mass is 442 g/mol. The fraction of sp³-hybridized carbons (Fsp3) is 0.0870. The highest BCUT2D eigenvalue weighted by Gasteiger charge is 2.14. The molecule has 8 nitrogen and oxygen atoms in total. The first-order valence-electron chi connectivity index (χ1n) is 9.65. The van der Waals surface area contributed by atoms with Crippen molar-refractivity contribution in [3.8, 4) is 11.8 Å². The average Bonchev–Trinajstić information content (AvgIpc) is 3.45. The van der Waals surface area contributed by atoms with Crippen LogP contribution in [0.1, 0.15) is 16.9 Å². The minimum absolute atomic E-state index is 0.0664. The van der Waals surface area contributed by atoms with Gasteiger partial charge < -0.3 is 9.73 Å². The lowest BCUT2D eigenvalue weighted by atomic mass is 10.1. The molecule has 0 saturated carbocycles. The molecule has 9 heteroatoms. The molecule has 0 spiro atoms. The number of aromatic nitrogens is 4. The van der Waals surface area contributed by atoms with E-state index in [1.165, 1.54) is 17.8 Å². The molecule has 1 amide bonds. The number of hydrogen-bond donors (Lipinski definition) is 1. The van der Waals surface area contributed by atoms with Crippen LogP contribution in [-0.4, -0.2) is 26.1 Å². The minimum Gasteiger partial charge on any atom is -0.450 e. The summed E-state index contributed by atoms with van der Waals surface area (Å²) in [6, 6.07) is 20.4. The van der Waals surface area contributed by atoms with Crippen molar-refractivity contribution >= 4 is 29.4 Å². The normalized spacial score (nSPS) is 11.2. The summed E-state index contributed by atoms with van der Waals surface area (Å²) < 4.78 is 7.36. The molecule has 0 atom stereocenters. The number of benzene rings is 2. The van der Waals surface area contributed by atoms with Crippen molar-refractivity contribution in [3.05, 3.63) is 83.1 Å². The van der Waals surface area contributed by atoms with E-state index in [4.69, 9.17) is 4.42 Å². The van der Waals surface area contributed by atoms with E-state index in [-0.39, 0.29) is 5.57 Å². The maximum absolute atomic E-state index is 12.5. The third-order valence-corrected chi connectivity index (χ3v) is 5.51. The quantitative estimate of drug-likeness (QED) is 0.344. The van der Waals surface area contributed by atoms with Gasteiger partial charge in [-0.1, -0.05) is 24.3 Å². The summed E-state index contributed by atoms with van der Waals surface area (Å²) in [6.45, 7) is 3.95. The summed E-state index contributed by atoms with van der Waals surface area (Å²) in [4.78, 5) is 12.5. The van der Waals surface area contributed by atoms with Gasteiger partial charge in [0.1, 0.15) is 17.4 Å². The van der Waals surface area contributed by atoms with Crippen LogP contribution in [0.15, 0.2) is 80.9 Å². The van der Waals surface area contributed by atoms with Gasteiger partial charge in [-0.25, -0.2) is 0 Å². The lowest BCUT2D eigenvalue weighted by molar-refractivity contribution is -0.112. The molecule has 0 aliphatic heterocycles. The Labute approximate surface area is 188 Å². The van der Waals surface area contributed by atoms with Crippen LogP contribution in [0.2, 0.25) is 0 Å². The van der Waals surface area contributed by atoms with Gasteiger partial charge in [0.25, 0.3) is 5.91 Å². The molecule has 2 aromatic heterocycles. The number of para-hydroxylation sites is 1. The van der Waals surface area contributed by atoms with Crippen molar-refractivity contribution in [2.45, 2.75) is 24.1 Å². The Morgan fingerprint density at radius 2 is 1.94 bits per heavy atom. The maximum Gasteiger partial charge on any atom is 0.266 e. The molecule has 0 unspecified atom stereocenters. The lowest BCUT2D eigenvalue weighted by Gasteiger charge is -2.06. The number of rotatable bonds is 6.